The van der Waals surface area contributed by atoms with Gasteiger partial charge >= 0.3 is 139 Å². The predicted octanol–water partition coefficient (Wildman–Crippen LogP) is 3.89. The van der Waals surface area contributed by atoms with Crippen molar-refractivity contribution in [2.75, 3.05) is 6.61 Å². The van der Waals surface area contributed by atoms with Crippen LogP contribution < -0.4 is 3.71 Å². The maximum absolute atomic E-state index is 5.96. The first kappa shape index (κ1) is 15.1. The van der Waals surface area contributed by atoms with E-state index >= 15 is 0 Å². The average molecular weight is 491 g/mol. The molecular weight excluding hydrogens is 470 g/mol. The van der Waals surface area contributed by atoms with Crippen LogP contribution in [0.5, 0.6) is 0 Å². The molecule has 1 saturated heterocycles. The Morgan fingerprint density at radius 1 is 1.30 bits per heavy atom. The molecule has 108 valence electrons. The van der Waals surface area contributed by atoms with Gasteiger partial charge in [0.15, 0.2) is 0 Å². The SMILES string of the molecule is [CH3][Sn]([CH3])([CH3])[c]1nn(C2CCCCO2)c2cc(I)ccc12. The molecule has 2 heterocycles. The van der Waals surface area contributed by atoms with Gasteiger partial charge in [0, 0.05) is 0 Å². The fourth-order valence-corrected chi connectivity index (χ4v) is 7.35. The normalized spacial score (nSPS) is 20.5. The second-order valence-corrected chi connectivity index (χ2v) is 22.0. The molecule has 0 N–H and O–H groups in total. The predicted molar refractivity (Wildman–Crippen MR) is 94.3 cm³/mol. The van der Waals surface area contributed by atoms with Crippen molar-refractivity contribution in [1.82, 2.24) is 9.78 Å². The Bertz CT molecular complexity index is 627. The first-order valence-corrected chi connectivity index (χ1v) is 18.3. The summed E-state index contributed by atoms with van der Waals surface area (Å²) in [5.41, 5.74) is 1.26. The zero-order chi connectivity index (χ0) is 14.3. The van der Waals surface area contributed by atoms with E-state index in [1.807, 2.05) is 0 Å². The first-order valence-electron chi connectivity index (χ1n) is 7.27. The minimum absolute atomic E-state index is 0.131. The van der Waals surface area contributed by atoms with Crippen molar-refractivity contribution in [3.8, 4) is 0 Å². The number of nitrogens with zero attached hydrogens (tertiary/aromatic N) is 2. The van der Waals surface area contributed by atoms with E-state index < -0.39 is 18.4 Å². The van der Waals surface area contributed by atoms with Gasteiger partial charge in [0.1, 0.15) is 0 Å². The number of hydrogen-bond acceptors (Lipinski definition) is 2. The van der Waals surface area contributed by atoms with Gasteiger partial charge in [-0.1, -0.05) is 0 Å². The Morgan fingerprint density at radius 2 is 2.10 bits per heavy atom. The molecule has 0 bridgehead atoms. The Kier molecular flexibility index (Phi) is 4.34. The fourth-order valence-electron chi connectivity index (χ4n) is 2.80. The molecule has 0 aliphatic carbocycles. The molecule has 20 heavy (non-hydrogen) atoms. The molecule has 0 amide bonds. The van der Waals surface area contributed by atoms with Gasteiger partial charge in [-0.15, -0.1) is 0 Å². The van der Waals surface area contributed by atoms with Gasteiger partial charge in [0.05, 0.1) is 0 Å². The molecule has 1 aliphatic rings. The fraction of sp³-hybridized carbons (Fsp3) is 0.533. The topological polar surface area (TPSA) is 27.1 Å². The van der Waals surface area contributed by atoms with E-state index in [-0.39, 0.29) is 6.23 Å². The molecule has 1 aromatic heterocycles. The molecule has 0 spiro atoms. The van der Waals surface area contributed by atoms with Gasteiger partial charge in [-0.3, -0.25) is 0 Å². The van der Waals surface area contributed by atoms with E-state index in [0.29, 0.717) is 0 Å². The summed E-state index contributed by atoms with van der Waals surface area (Å²) in [5.74, 6) is 0. The second-order valence-electron chi connectivity index (χ2n) is 6.53. The van der Waals surface area contributed by atoms with Crippen LogP contribution >= 0.6 is 22.6 Å². The Morgan fingerprint density at radius 3 is 2.75 bits per heavy atom. The van der Waals surface area contributed by atoms with Gasteiger partial charge in [-0.25, -0.2) is 0 Å². The van der Waals surface area contributed by atoms with Crippen molar-refractivity contribution in [3.05, 3.63) is 21.8 Å². The van der Waals surface area contributed by atoms with Crippen LogP contribution in [0.15, 0.2) is 18.2 Å². The summed E-state index contributed by atoms with van der Waals surface area (Å²) >= 11 is 0.168. The minimum atomic E-state index is -2.21. The van der Waals surface area contributed by atoms with Crippen LogP contribution in [0.1, 0.15) is 25.5 Å². The van der Waals surface area contributed by atoms with Gasteiger partial charge in [0.25, 0.3) is 0 Å². The van der Waals surface area contributed by atoms with E-state index in [4.69, 9.17) is 9.84 Å². The van der Waals surface area contributed by atoms with Crippen LogP contribution in [-0.2, 0) is 4.74 Å². The summed E-state index contributed by atoms with van der Waals surface area (Å²) < 4.78 is 10.8. The number of benzene rings is 1. The molecule has 0 radical (unpaired) electrons. The van der Waals surface area contributed by atoms with Crippen molar-refractivity contribution in [3.63, 3.8) is 0 Å². The summed E-state index contributed by atoms with van der Waals surface area (Å²) in [7, 11) is 0. The number of halogens is 1. The van der Waals surface area contributed by atoms with Gasteiger partial charge in [0.2, 0.25) is 0 Å². The van der Waals surface area contributed by atoms with Crippen LogP contribution in [-0.4, -0.2) is 34.8 Å². The number of fused-ring (bicyclic) bond motifs is 1. The molecule has 1 aromatic carbocycles. The molecule has 1 unspecified atom stereocenters. The summed E-state index contributed by atoms with van der Waals surface area (Å²) in [5, 5.41) is 6.36. The Hall–Kier alpha value is 0.179. The zero-order valence-corrected chi connectivity index (χ0v) is 17.3. The van der Waals surface area contributed by atoms with E-state index in [9.17, 15) is 0 Å². The molecule has 0 saturated carbocycles. The summed E-state index contributed by atoms with van der Waals surface area (Å²) in [6.45, 7) is 0.865. The van der Waals surface area contributed by atoms with E-state index in [0.717, 1.165) is 13.0 Å². The molecule has 1 aliphatic heterocycles. The molecule has 1 atom stereocenters. The van der Waals surface area contributed by atoms with Crippen LogP contribution in [0.3, 0.4) is 0 Å². The number of rotatable bonds is 2. The Labute approximate surface area is 138 Å². The van der Waals surface area contributed by atoms with Gasteiger partial charge in [-0.05, 0) is 0 Å². The molecule has 3 nitrogen and oxygen atoms in total. The number of hydrogen-bond donors (Lipinski definition) is 0. The molecule has 1 fully saturated rings. The van der Waals surface area contributed by atoms with Crippen LogP contribution in [0.4, 0.5) is 0 Å². The van der Waals surface area contributed by atoms with Crippen molar-refractivity contribution in [2.45, 2.75) is 40.3 Å². The number of aromatic nitrogens is 2. The average Bonchev–Trinajstić information content (AvgIpc) is 2.78. The van der Waals surface area contributed by atoms with E-state index in [2.05, 4.69) is 60.3 Å². The zero-order valence-electron chi connectivity index (χ0n) is 12.3. The molecule has 3 rings (SSSR count). The van der Waals surface area contributed by atoms with Crippen molar-refractivity contribution in [2.24, 2.45) is 0 Å². The van der Waals surface area contributed by atoms with Crippen molar-refractivity contribution in [1.29, 1.82) is 0 Å². The summed E-state index contributed by atoms with van der Waals surface area (Å²) in [6.07, 6.45) is 3.64. The van der Waals surface area contributed by atoms with Crippen LogP contribution in [0.2, 0.25) is 14.8 Å². The second kappa shape index (κ2) is 5.76. The number of ether oxygens (including phenoxy) is 1. The van der Waals surface area contributed by atoms with E-state index in [1.165, 1.54) is 31.0 Å². The molecule has 2 aromatic rings. The first-order chi connectivity index (χ1) is 9.47. The summed E-state index contributed by atoms with van der Waals surface area (Å²) in [4.78, 5) is 7.29. The van der Waals surface area contributed by atoms with E-state index in [1.54, 1.807) is 0 Å². The standard InChI is InChI=1S/C12H12IN2O.3CH3.Sn/c13-10-5-4-9-8-14-15(11(9)7-10)12-3-1-2-6-16-12;;;;/h4-5,7,12H,1-3,6H2;3*1H3;. The van der Waals surface area contributed by atoms with Gasteiger partial charge in [-0.2, -0.15) is 0 Å². The quantitative estimate of drug-likeness (QED) is 0.472. The van der Waals surface area contributed by atoms with Crippen molar-refractivity contribution >= 4 is 55.6 Å². The van der Waals surface area contributed by atoms with Crippen molar-refractivity contribution < 1.29 is 4.74 Å². The van der Waals surface area contributed by atoms with Gasteiger partial charge < -0.3 is 0 Å². The third-order valence-corrected chi connectivity index (χ3v) is 9.59. The monoisotopic (exact) mass is 492 g/mol. The maximum atomic E-state index is 5.96. The molecule has 5 heteroatoms. The third kappa shape index (κ3) is 2.88. The van der Waals surface area contributed by atoms with Crippen LogP contribution in [0.25, 0.3) is 10.9 Å². The molecular formula is C15H21IN2OSn. The third-order valence-electron chi connectivity index (χ3n) is 3.81. The van der Waals surface area contributed by atoms with Crippen LogP contribution in [0, 0.1) is 3.57 Å². The summed E-state index contributed by atoms with van der Waals surface area (Å²) in [6, 6.07) is 6.70. The Balaban J connectivity index is 2.17.